The van der Waals surface area contributed by atoms with Gasteiger partial charge in [0, 0.05) is 0 Å². The van der Waals surface area contributed by atoms with E-state index < -0.39 is 38.1 Å². The third-order valence-electron chi connectivity index (χ3n) is 2.59. The number of nitrogens with one attached hydrogen (secondary N) is 1. The summed E-state index contributed by atoms with van der Waals surface area (Å²) >= 11 is 0. The van der Waals surface area contributed by atoms with Gasteiger partial charge in [-0.15, -0.1) is 6.42 Å². The van der Waals surface area contributed by atoms with Gasteiger partial charge in [-0.25, -0.2) is 21.6 Å². The van der Waals surface area contributed by atoms with Gasteiger partial charge in [-0.1, -0.05) is 18.1 Å². The first kappa shape index (κ1) is 14.9. The molecule has 0 atom stereocenters. The Morgan fingerprint density at radius 2 is 1.57 bits per heavy atom. The summed E-state index contributed by atoms with van der Waals surface area (Å²) in [6.07, 6.45) is 5.06. The van der Waals surface area contributed by atoms with Crippen molar-refractivity contribution in [2.45, 2.75) is 4.90 Å². The maximum Gasteiger partial charge on any atom is 0.267 e. The van der Waals surface area contributed by atoms with Gasteiger partial charge in [0.15, 0.2) is 10.7 Å². The van der Waals surface area contributed by atoms with Crippen LogP contribution in [0.2, 0.25) is 0 Å². The third-order valence-corrected chi connectivity index (χ3v) is 4.00. The minimum Gasteiger partial charge on any atom is -0.276 e. The molecule has 2 rings (SSSR count). The Morgan fingerprint density at radius 3 is 2.14 bits per heavy atom. The van der Waals surface area contributed by atoms with E-state index >= 15 is 0 Å². The summed E-state index contributed by atoms with van der Waals surface area (Å²) in [6, 6.07) is 6.25. The highest BCUT2D eigenvalue weighted by atomic mass is 32.2. The Bertz CT molecular complexity index is 822. The van der Waals surface area contributed by atoms with Crippen LogP contribution < -0.4 is 4.72 Å². The van der Waals surface area contributed by atoms with Crippen LogP contribution in [-0.4, -0.2) is 8.42 Å². The molecule has 0 unspecified atom stereocenters. The van der Waals surface area contributed by atoms with Crippen LogP contribution in [0.1, 0.15) is 5.56 Å². The molecular weight excluding hydrogens is 303 g/mol. The first-order valence-corrected chi connectivity index (χ1v) is 7.07. The van der Waals surface area contributed by atoms with Crippen molar-refractivity contribution in [1.29, 1.82) is 0 Å². The fourth-order valence-electron chi connectivity index (χ4n) is 1.66. The van der Waals surface area contributed by atoms with Crippen molar-refractivity contribution in [3.05, 3.63) is 59.4 Å². The zero-order chi connectivity index (χ0) is 15.6. The van der Waals surface area contributed by atoms with E-state index in [2.05, 4.69) is 0 Å². The molecule has 2 aromatic carbocycles. The summed E-state index contributed by atoms with van der Waals surface area (Å²) in [6.45, 7) is 0. The topological polar surface area (TPSA) is 46.2 Å². The van der Waals surface area contributed by atoms with Gasteiger partial charge >= 0.3 is 0 Å². The van der Waals surface area contributed by atoms with E-state index in [0.29, 0.717) is 0 Å². The Balaban J connectivity index is 2.51. The largest absolute Gasteiger partial charge is 0.276 e. The van der Waals surface area contributed by atoms with Gasteiger partial charge in [0.1, 0.15) is 11.6 Å². The monoisotopic (exact) mass is 311 g/mol. The summed E-state index contributed by atoms with van der Waals surface area (Å²) in [7, 11) is -4.63. The predicted molar refractivity (Wildman–Crippen MR) is 71.5 cm³/mol. The molecular formula is C14H8F3NO2S. The summed E-state index contributed by atoms with van der Waals surface area (Å²) < 4.78 is 66.6. The number of sulfonamides is 1. The predicted octanol–water partition coefficient (Wildman–Crippen LogP) is 2.89. The van der Waals surface area contributed by atoms with Crippen molar-refractivity contribution in [3.8, 4) is 12.3 Å². The van der Waals surface area contributed by atoms with Crippen LogP contribution >= 0.6 is 0 Å². The lowest BCUT2D eigenvalue weighted by Crippen LogP contribution is -2.17. The van der Waals surface area contributed by atoms with Crippen molar-refractivity contribution in [2.24, 2.45) is 0 Å². The molecule has 7 heteroatoms. The molecule has 0 radical (unpaired) electrons. The molecule has 3 nitrogen and oxygen atoms in total. The second kappa shape index (κ2) is 5.50. The Kier molecular flexibility index (Phi) is 3.91. The number of halogens is 3. The third kappa shape index (κ3) is 2.85. The highest BCUT2D eigenvalue weighted by Gasteiger charge is 2.25. The van der Waals surface area contributed by atoms with Crippen molar-refractivity contribution in [2.75, 3.05) is 4.72 Å². The molecule has 1 N–H and O–H groups in total. The highest BCUT2D eigenvalue weighted by molar-refractivity contribution is 7.92. The van der Waals surface area contributed by atoms with E-state index in [9.17, 15) is 21.6 Å². The van der Waals surface area contributed by atoms with Gasteiger partial charge in [-0.05, 0) is 24.3 Å². The maximum atomic E-state index is 13.9. The Morgan fingerprint density at radius 1 is 1.00 bits per heavy atom. The lowest BCUT2D eigenvalue weighted by molar-refractivity contribution is 0.521. The summed E-state index contributed by atoms with van der Waals surface area (Å²) in [5.41, 5.74) is -0.669. The van der Waals surface area contributed by atoms with E-state index in [-0.39, 0.29) is 5.56 Å². The highest BCUT2D eigenvalue weighted by Crippen LogP contribution is 2.24. The maximum absolute atomic E-state index is 13.9. The molecule has 0 bridgehead atoms. The van der Waals surface area contributed by atoms with Crippen molar-refractivity contribution < 1.29 is 21.6 Å². The van der Waals surface area contributed by atoms with Gasteiger partial charge in [0.05, 0.1) is 11.3 Å². The van der Waals surface area contributed by atoms with Crippen molar-refractivity contribution >= 4 is 15.7 Å². The smallest absolute Gasteiger partial charge is 0.267 e. The van der Waals surface area contributed by atoms with Gasteiger partial charge in [-0.3, -0.25) is 4.72 Å². The lowest BCUT2D eigenvalue weighted by atomic mass is 10.2. The molecule has 0 fully saturated rings. The molecule has 0 saturated heterocycles. The van der Waals surface area contributed by atoms with Crippen LogP contribution in [0.5, 0.6) is 0 Å². The van der Waals surface area contributed by atoms with Crippen LogP contribution in [0, 0.1) is 29.8 Å². The molecule has 0 aliphatic heterocycles. The molecule has 0 amide bonds. The first-order valence-electron chi connectivity index (χ1n) is 5.59. The molecule has 0 aliphatic rings. The van der Waals surface area contributed by atoms with Crippen LogP contribution in [0.15, 0.2) is 41.3 Å². The summed E-state index contributed by atoms with van der Waals surface area (Å²) in [5, 5.41) is 0. The van der Waals surface area contributed by atoms with Crippen LogP contribution in [0.25, 0.3) is 0 Å². The number of terminal acetylenes is 1. The van der Waals surface area contributed by atoms with E-state index in [1.54, 1.807) is 4.72 Å². The number of anilines is 1. The fraction of sp³-hybridized carbons (Fsp3) is 0. The molecule has 108 valence electrons. The molecule has 0 aromatic heterocycles. The van der Waals surface area contributed by atoms with Gasteiger partial charge < -0.3 is 0 Å². The molecule has 0 spiro atoms. The number of benzene rings is 2. The molecule has 0 saturated carbocycles. The average Bonchev–Trinajstić information content (AvgIpc) is 2.40. The Hall–Kier alpha value is -2.46. The van der Waals surface area contributed by atoms with Crippen LogP contribution in [0.4, 0.5) is 18.9 Å². The molecule has 2 aromatic rings. The quantitative estimate of drug-likeness (QED) is 0.886. The summed E-state index contributed by atoms with van der Waals surface area (Å²) in [5.74, 6) is -1.54. The van der Waals surface area contributed by atoms with Crippen LogP contribution in [0.3, 0.4) is 0 Å². The van der Waals surface area contributed by atoms with Gasteiger partial charge in [0.2, 0.25) is 0 Å². The van der Waals surface area contributed by atoms with E-state index in [0.717, 1.165) is 24.3 Å². The molecule has 0 aliphatic carbocycles. The van der Waals surface area contributed by atoms with Crippen molar-refractivity contribution in [1.82, 2.24) is 0 Å². The molecule has 21 heavy (non-hydrogen) atoms. The fourth-order valence-corrected chi connectivity index (χ4v) is 2.86. The van der Waals surface area contributed by atoms with Gasteiger partial charge in [-0.2, -0.15) is 0 Å². The minimum atomic E-state index is -4.63. The van der Waals surface area contributed by atoms with E-state index in [1.807, 2.05) is 5.92 Å². The second-order valence-electron chi connectivity index (χ2n) is 3.97. The number of hydrogen-bond acceptors (Lipinski definition) is 2. The number of hydrogen-bond donors (Lipinski definition) is 1. The van der Waals surface area contributed by atoms with Gasteiger partial charge in [0.25, 0.3) is 10.0 Å². The zero-order valence-electron chi connectivity index (χ0n) is 10.4. The lowest BCUT2D eigenvalue weighted by Gasteiger charge is -2.11. The normalized spacial score (nSPS) is 11.0. The minimum absolute atomic E-state index is 0.177. The average molecular weight is 311 g/mol. The SMILES string of the molecule is C#Cc1cccc(NS(=O)(=O)c2c(F)cccc2F)c1F. The zero-order valence-corrected chi connectivity index (χ0v) is 11.2. The van der Waals surface area contributed by atoms with E-state index in [4.69, 9.17) is 6.42 Å². The summed E-state index contributed by atoms with van der Waals surface area (Å²) in [4.78, 5) is -1.18. The standard InChI is InChI=1S/C14H8F3NO2S/c1-2-9-5-3-8-12(13(9)17)18-21(19,20)14-10(15)6-4-7-11(14)16/h1,3-8,18H. The first-order chi connectivity index (χ1) is 9.86. The van der Waals surface area contributed by atoms with Crippen molar-refractivity contribution in [3.63, 3.8) is 0 Å². The molecule has 0 heterocycles. The number of rotatable bonds is 3. The Labute approximate surface area is 119 Å². The van der Waals surface area contributed by atoms with Crippen LogP contribution in [-0.2, 0) is 10.0 Å². The van der Waals surface area contributed by atoms with E-state index in [1.165, 1.54) is 12.1 Å². The second-order valence-corrected chi connectivity index (χ2v) is 5.59.